The van der Waals surface area contributed by atoms with Gasteiger partial charge < -0.3 is 10.5 Å². The van der Waals surface area contributed by atoms with Gasteiger partial charge in [0.15, 0.2) is 0 Å². The SMILES string of the molecule is N[C@@H]1CC(c2ccc(C(F)F)cc2)Oc2cc(Br)ccc21. The van der Waals surface area contributed by atoms with Crippen LogP contribution in [0.5, 0.6) is 5.75 Å². The van der Waals surface area contributed by atoms with Crippen molar-refractivity contribution in [2.45, 2.75) is 25.0 Å². The minimum Gasteiger partial charge on any atom is -0.485 e. The average Bonchev–Trinajstić information content (AvgIpc) is 2.46. The zero-order valence-corrected chi connectivity index (χ0v) is 12.7. The molecule has 1 aliphatic heterocycles. The molecule has 0 amide bonds. The smallest absolute Gasteiger partial charge is 0.263 e. The third kappa shape index (κ3) is 2.94. The fourth-order valence-corrected chi connectivity index (χ4v) is 2.88. The quantitative estimate of drug-likeness (QED) is 0.832. The predicted octanol–water partition coefficient (Wildman–Crippen LogP) is 4.91. The van der Waals surface area contributed by atoms with E-state index in [9.17, 15) is 8.78 Å². The molecule has 0 bridgehead atoms. The number of benzene rings is 2. The Morgan fingerprint density at radius 2 is 1.86 bits per heavy atom. The molecule has 0 fully saturated rings. The first-order valence-electron chi connectivity index (χ1n) is 6.64. The van der Waals surface area contributed by atoms with Crippen LogP contribution in [0, 0.1) is 0 Å². The highest BCUT2D eigenvalue weighted by molar-refractivity contribution is 9.10. The van der Waals surface area contributed by atoms with E-state index < -0.39 is 6.43 Å². The molecule has 110 valence electrons. The van der Waals surface area contributed by atoms with E-state index in [1.54, 1.807) is 12.1 Å². The van der Waals surface area contributed by atoms with Crippen molar-refractivity contribution in [2.75, 3.05) is 0 Å². The van der Waals surface area contributed by atoms with Gasteiger partial charge in [0, 0.05) is 28.1 Å². The summed E-state index contributed by atoms with van der Waals surface area (Å²) in [5, 5.41) is 0. The lowest BCUT2D eigenvalue weighted by Gasteiger charge is -2.30. The number of nitrogens with two attached hydrogens (primary N) is 1. The average molecular weight is 354 g/mol. The molecule has 2 aromatic rings. The number of halogens is 3. The molecule has 21 heavy (non-hydrogen) atoms. The van der Waals surface area contributed by atoms with Crippen LogP contribution in [0.15, 0.2) is 46.9 Å². The first-order chi connectivity index (χ1) is 10.0. The monoisotopic (exact) mass is 353 g/mol. The van der Waals surface area contributed by atoms with Crippen LogP contribution in [0.4, 0.5) is 8.78 Å². The summed E-state index contributed by atoms with van der Waals surface area (Å²) in [4.78, 5) is 0. The predicted molar refractivity (Wildman–Crippen MR) is 80.5 cm³/mol. The molecular formula is C16H14BrF2NO. The van der Waals surface area contributed by atoms with Gasteiger partial charge in [-0.1, -0.05) is 46.3 Å². The summed E-state index contributed by atoms with van der Waals surface area (Å²) in [7, 11) is 0. The molecule has 0 aliphatic carbocycles. The van der Waals surface area contributed by atoms with Gasteiger partial charge in [0.25, 0.3) is 6.43 Å². The number of rotatable bonds is 2. The number of hydrogen-bond acceptors (Lipinski definition) is 2. The van der Waals surface area contributed by atoms with Crippen LogP contribution >= 0.6 is 15.9 Å². The van der Waals surface area contributed by atoms with Gasteiger partial charge in [-0.05, 0) is 17.7 Å². The summed E-state index contributed by atoms with van der Waals surface area (Å²) in [6.07, 6.45) is -2.04. The normalized spacial score (nSPS) is 21.0. The van der Waals surface area contributed by atoms with Crippen molar-refractivity contribution in [3.8, 4) is 5.75 Å². The lowest BCUT2D eigenvalue weighted by atomic mass is 9.93. The first-order valence-corrected chi connectivity index (χ1v) is 7.43. The van der Waals surface area contributed by atoms with Gasteiger partial charge >= 0.3 is 0 Å². The van der Waals surface area contributed by atoms with Crippen molar-refractivity contribution in [3.63, 3.8) is 0 Å². The Bertz CT molecular complexity index is 645. The van der Waals surface area contributed by atoms with Gasteiger partial charge in [0.2, 0.25) is 0 Å². The fraction of sp³-hybridized carbons (Fsp3) is 0.250. The summed E-state index contributed by atoms with van der Waals surface area (Å²) in [5.41, 5.74) is 8.04. The van der Waals surface area contributed by atoms with E-state index in [0.717, 1.165) is 21.3 Å². The molecule has 2 aromatic carbocycles. The molecule has 1 aliphatic rings. The van der Waals surface area contributed by atoms with Crippen molar-refractivity contribution in [1.82, 2.24) is 0 Å². The molecule has 1 unspecified atom stereocenters. The molecule has 1 heterocycles. The second-order valence-electron chi connectivity index (χ2n) is 5.10. The topological polar surface area (TPSA) is 35.2 Å². The van der Waals surface area contributed by atoms with Crippen molar-refractivity contribution < 1.29 is 13.5 Å². The lowest BCUT2D eigenvalue weighted by molar-refractivity contribution is 0.150. The zero-order valence-electron chi connectivity index (χ0n) is 11.1. The molecule has 2 nitrogen and oxygen atoms in total. The number of fused-ring (bicyclic) bond motifs is 1. The zero-order chi connectivity index (χ0) is 15.0. The van der Waals surface area contributed by atoms with Crippen LogP contribution in [0.3, 0.4) is 0 Å². The van der Waals surface area contributed by atoms with Crippen molar-refractivity contribution in [3.05, 3.63) is 63.6 Å². The van der Waals surface area contributed by atoms with Gasteiger partial charge in [-0.25, -0.2) is 8.78 Å². The van der Waals surface area contributed by atoms with Gasteiger partial charge in [-0.2, -0.15) is 0 Å². The van der Waals surface area contributed by atoms with Crippen molar-refractivity contribution in [1.29, 1.82) is 0 Å². The Morgan fingerprint density at radius 1 is 1.14 bits per heavy atom. The lowest BCUT2D eigenvalue weighted by Crippen LogP contribution is -2.24. The van der Waals surface area contributed by atoms with E-state index in [-0.39, 0.29) is 17.7 Å². The summed E-state index contributed by atoms with van der Waals surface area (Å²) in [5.74, 6) is 0.742. The Morgan fingerprint density at radius 3 is 2.52 bits per heavy atom. The third-order valence-electron chi connectivity index (χ3n) is 3.67. The molecule has 0 saturated heterocycles. The van der Waals surface area contributed by atoms with E-state index in [2.05, 4.69) is 15.9 Å². The van der Waals surface area contributed by atoms with E-state index in [0.29, 0.717) is 6.42 Å². The van der Waals surface area contributed by atoms with E-state index in [1.807, 2.05) is 18.2 Å². The standard InChI is InChI=1S/C16H14BrF2NO/c17-11-5-6-12-13(20)8-14(21-15(12)7-11)9-1-3-10(4-2-9)16(18)19/h1-7,13-14,16H,8,20H2/t13-,14?/m1/s1. The number of alkyl halides is 2. The Kier molecular flexibility index (Phi) is 3.95. The van der Waals surface area contributed by atoms with Gasteiger partial charge in [-0.3, -0.25) is 0 Å². The molecule has 0 radical (unpaired) electrons. The molecule has 2 N–H and O–H groups in total. The first kappa shape index (κ1) is 14.5. The van der Waals surface area contributed by atoms with Crippen LogP contribution in [-0.2, 0) is 0 Å². The number of hydrogen-bond donors (Lipinski definition) is 1. The summed E-state index contributed by atoms with van der Waals surface area (Å²) in [6, 6.07) is 11.9. The van der Waals surface area contributed by atoms with E-state index in [4.69, 9.17) is 10.5 Å². The maximum atomic E-state index is 12.6. The molecule has 0 spiro atoms. The second-order valence-corrected chi connectivity index (χ2v) is 6.01. The molecule has 0 saturated carbocycles. The molecular weight excluding hydrogens is 340 g/mol. The fourth-order valence-electron chi connectivity index (χ4n) is 2.54. The van der Waals surface area contributed by atoms with Crippen LogP contribution < -0.4 is 10.5 Å². The van der Waals surface area contributed by atoms with E-state index >= 15 is 0 Å². The maximum Gasteiger partial charge on any atom is 0.263 e. The number of ether oxygens (including phenoxy) is 1. The van der Waals surface area contributed by atoms with Crippen LogP contribution in [0.2, 0.25) is 0 Å². The summed E-state index contributed by atoms with van der Waals surface area (Å²) >= 11 is 3.41. The largest absolute Gasteiger partial charge is 0.485 e. The van der Waals surface area contributed by atoms with Crippen LogP contribution in [0.25, 0.3) is 0 Å². The van der Waals surface area contributed by atoms with Gasteiger partial charge in [-0.15, -0.1) is 0 Å². The molecule has 3 rings (SSSR count). The Hall–Kier alpha value is -1.46. The highest BCUT2D eigenvalue weighted by Crippen LogP contribution is 2.41. The summed E-state index contributed by atoms with van der Waals surface area (Å²) in [6.45, 7) is 0. The maximum absolute atomic E-state index is 12.6. The highest BCUT2D eigenvalue weighted by atomic mass is 79.9. The van der Waals surface area contributed by atoms with Gasteiger partial charge in [0.1, 0.15) is 11.9 Å². The summed E-state index contributed by atoms with van der Waals surface area (Å²) < 4.78 is 32.1. The molecule has 5 heteroatoms. The highest BCUT2D eigenvalue weighted by Gasteiger charge is 2.27. The third-order valence-corrected chi connectivity index (χ3v) is 4.17. The second kappa shape index (κ2) is 5.73. The molecule has 2 atom stereocenters. The van der Waals surface area contributed by atoms with Crippen molar-refractivity contribution >= 4 is 15.9 Å². The van der Waals surface area contributed by atoms with E-state index in [1.165, 1.54) is 12.1 Å². The Balaban J connectivity index is 1.88. The van der Waals surface area contributed by atoms with Crippen LogP contribution in [0.1, 0.15) is 41.7 Å². The minimum atomic E-state index is -2.45. The van der Waals surface area contributed by atoms with Crippen LogP contribution in [-0.4, -0.2) is 0 Å². The molecule has 0 aromatic heterocycles. The van der Waals surface area contributed by atoms with Crippen molar-refractivity contribution in [2.24, 2.45) is 5.73 Å². The van der Waals surface area contributed by atoms with Gasteiger partial charge in [0.05, 0.1) is 0 Å². The Labute approximate surface area is 130 Å². The minimum absolute atomic E-state index is 0.0157.